The van der Waals surface area contributed by atoms with Crippen molar-refractivity contribution in [1.82, 2.24) is 10.2 Å². The third-order valence-corrected chi connectivity index (χ3v) is 6.14. The highest BCUT2D eigenvalue weighted by atomic mass is 16.5. The molecule has 7 nitrogen and oxygen atoms in total. The van der Waals surface area contributed by atoms with Crippen LogP contribution in [0.15, 0.2) is 11.6 Å². The lowest BCUT2D eigenvalue weighted by Crippen LogP contribution is -2.59. The Morgan fingerprint density at radius 3 is 2.00 bits per heavy atom. The molecule has 2 N–H and O–H groups in total. The van der Waals surface area contributed by atoms with E-state index in [0.29, 0.717) is 18.4 Å². The second kappa shape index (κ2) is 13.1. The zero-order valence-corrected chi connectivity index (χ0v) is 22.7. The third kappa shape index (κ3) is 8.76. The first-order valence-electron chi connectivity index (χ1n) is 12.1. The molecule has 0 fully saturated rings. The molecule has 0 aromatic heterocycles. The lowest BCUT2D eigenvalue weighted by Gasteiger charge is -2.40. The number of hydrogen-bond donors (Lipinski definition) is 2. The van der Waals surface area contributed by atoms with Crippen LogP contribution in [0.1, 0.15) is 82.1 Å². The predicted molar refractivity (Wildman–Crippen MR) is 132 cm³/mol. The van der Waals surface area contributed by atoms with Crippen LogP contribution >= 0.6 is 0 Å². The summed E-state index contributed by atoms with van der Waals surface area (Å²) in [4.78, 5) is 40.8. The number of nitrogens with zero attached hydrogens (tertiary/aromatic N) is 1. The topological polar surface area (TPSA) is 95.9 Å². The van der Waals surface area contributed by atoms with Crippen molar-refractivity contribution in [2.45, 2.75) is 94.2 Å². The third-order valence-electron chi connectivity index (χ3n) is 6.14. The number of aliphatic hydroxyl groups is 1. The number of amides is 2. The molecule has 0 aliphatic heterocycles. The minimum Gasteiger partial charge on any atom is -0.463 e. The summed E-state index contributed by atoms with van der Waals surface area (Å²) >= 11 is 0. The van der Waals surface area contributed by atoms with Crippen molar-refractivity contribution in [3.8, 4) is 0 Å². The van der Waals surface area contributed by atoms with Gasteiger partial charge in [0.1, 0.15) is 6.04 Å². The van der Waals surface area contributed by atoms with Gasteiger partial charge in [-0.05, 0) is 43.9 Å². The summed E-state index contributed by atoms with van der Waals surface area (Å²) < 4.78 is 5.08. The van der Waals surface area contributed by atoms with Gasteiger partial charge in [0.15, 0.2) is 0 Å². The summed E-state index contributed by atoms with van der Waals surface area (Å²) in [6.07, 6.45) is 2.76. The molecule has 0 saturated heterocycles. The number of nitrogens with one attached hydrogen (secondary N) is 1. The van der Waals surface area contributed by atoms with E-state index >= 15 is 0 Å². The highest BCUT2D eigenvalue weighted by Crippen LogP contribution is 2.32. The van der Waals surface area contributed by atoms with Gasteiger partial charge < -0.3 is 20.1 Å². The van der Waals surface area contributed by atoms with Crippen molar-refractivity contribution in [2.24, 2.45) is 22.7 Å². The van der Waals surface area contributed by atoms with Crippen LogP contribution in [0.3, 0.4) is 0 Å². The van der Waals surface area contributed by atoms with Crippen LogP contribution in [0, 0.1) is 22.7 Å². The van der Waals surface area contributed by atoms with E-state index in [9.17, 15) is 19.5 Å². The predicted octanol–water partition coefficient (Wildman–Crippen LogP) is 3.94. The Morgan fingerprint density at radius 2 is 1.64 bits per heavy atom. The van der Waals surface area contributed by atoms with Gasteiger partial charge >= 0.3 is 5.97 Å². The number of carbonyl (C=O) groups is 3. The molecule has 0 saturated carbocycles. The van der Waals surface area contributed by atoms with Gasteiger partial charge in [-0.2, -0.15) is 0 Å². The van der Waals surface area contributed by atoms with Gasteiger partial charge in [-0.3, -0.25) is 9.59 Å². The summed E-state index contributed by atoms with van der Waals surface area (Å²) in [6.45, 7) is 19.0. The molecule has 2 amide bonds. The van der Waals surface area contributed by atoms with Gasteiger partial charge in [-0.15, -0.1) is 0 Å². The molecule has 0 aliphatic carbocycles. The fourth-order valence-corrected chi connectivity index (χ4v) is 4.03. The van der Waals surface area contributed by atoms with Gasteiger partial charge in [0, 0.05) is 12.6 Å². The average Bonchev–Trinajstić information content (AvgIpc) is 2.71. The Kier molecular flexibility index (Phi) is 12.4. The van der Waals surface area contributed by atoms with E-state index in [1.807, 2.05) is 55.4 Å². The van der Waals surface area contributed by atoms with Crippen molar-refractivity contribution in [1.29, 1.82) is 0 Å². The van der Waals surface area contributed by atoms with E-state index in [4.69, 9.17) is 4.74 Å². The van der Waals surface area contributed by atoms with E-state index in [1.165, 1.54) is 0 Å². The van der Waals surface area contributed by atoms with Crippen LogP contribution in [-0.2, 0) is 19.1 Å². The van der Waals surface area contributed by atoms with E-state index in [2.05, 4.69) is 5.32 Å². The van der Waals surface area contributed by atoms with E-state index in [1.54, 1.807) is 31.9 Å². The number of ether oxygens (including phenoxy) is 1. The lowest BCUT2D eigenvalue weighted by molar-refractivity contribution is -0.145. The van der Waals surface area contributed by atoms with Crippen LogP contribution < -0.4 is 5.32 Å². The van der Waals surface area contributed by atoms with E-state index < -0.39 is 22.8 Å². The van der Waals surface area contributed by atoms with Gasteiger partial charge in [0.05, 0.1) is 24.7 Å². The van der Waals surface area contributed by atoms with Crippen molar-refractivity contribution in [3.63, 3.8) is 0 Å². The number of rotatable bonds is 12. The highest BCUT2D eigenvalue weighted by Gasteiger charge is 2.42. The highest BCUT2D eigenvalue weighted by molar-refractivity contribution is 5.91. The smallest absolute Gasteiger partial charge is 0.333 e. The maximum atomic E-state index is 13.7. The molecule has 0 spiro atoms. The fraction of sp³-hybridized carbons (Fsp3) is 0.808. The molecular weight excluding hydrogens is 420 g/mol. The molecule has 1 unspecified atom stereocenters. The summed E-state index contributed by atoms with van der Waals surface area (Å²) in [5.41, 5.74) is -1.06. The molecule has 0 aromatic carbocycles. The number of carbonyl (C=O) groups excluding carboxylic acids is 3. The van der Waals surface area contributed by atoms with E-state index in [-0.39, 0.29) is 42.9 Å². The molecule has 3 atom stereocenters. The first-order valence-corrected chi connectivity index (χ1v) is 12.1. The molecule has 0 rings (SSSR count). The number of esters is 1. The summed E-state index contributed by atoms with van der Waals surface area (Å²) in [7, 11) is 1.69. The van der Waals surface area contributed by atoms with Gasteiger partial charge in [0.25, 0.3) is 0 Å². The summed E-state index contributed by atoms with van der Waals surface area (Å²) in [5.74, 6) is -0.699. The van der Waals surface area contributed by atoms with Crippen molar-refractivity contribution < 1.29 is 24.2 Å². The quantitative estimate of drug-likeness (QED) is 0.334. The Hall–Kier alpha value is -1.89. The maximum absolute atomic E-state index is 13.7. The molecule has 33 heavy (non-hydrogen) atoms. The Labute approximate surface area is 201 Å². The van der Waals surface area contributed by atoms with Crippen molar-refractivity contribution in [3.05, 3.63) is 11.6 Å². The first-order chi connectivity index (χ1) is 15.1. The summed E-state index contributed by atoms with van der Waals surface area (Å²) in [5, 5.41) is 13.1. The lowest BCUT2D eigenvalue weighted by atomic mass is 9.76. The minimum atomic E-state index is -0.936. The number of aliphatic hydroxyl groups excluding tert-OH is 1. The van der Waals surface area contributed by atoms with Crippen LogP contribution in [0.25, 0.3) is 0 Å². The minimum absolute atomic E-state index is 0.0350. The first kappa shape index (κ1) is 31.1. The molecular formula is C26H48N2O5. The van der Waals surface area contributed by atoms with Crippen molar-refractivity contribution >= 4 is 17.8 Å². The zero-order valence-electron chi connectivity index (χ0n) is 22.7. The monoisotopic (exact) mass is 468 g/mol. The SMILES string of the molecule is CCOC(=O)/C(C)=C/[C@H](C(C)C)N(C)C(=O)[C@@H](NC(=O)C(CC)(CO)CC(C)C)C(C)(C)C. The maximum Gasteiger partial charge on any atom is 0.333 e. The Morgan fingerprint density at radius 1 is 1.09 bits per heavy atom. The molecule has 7 heteroatoms. The Bertz CT molecular complexity index is 687. The zero-order chi connectivity index (χ0) is 26.1. The summed E-state index contributed by atoms with van der Waals surface area (Å²) in [6, 6.07) is -1.15. The second-order valence-electron chi connectivity index (χ2n) is 10.9. The molecule has 192 valence electrons. The number of hydrogen-bond acceptors (Lipinski definition) is 5. The van der Waals surface area contributed by atoms with Crippen LogP contribution in [0.2, 0.25) is 0 Å². The fourth-order valence-electron chi connectivity index (χ4n) is 4.03. The Balaban J connectivity index is 6.06. The second-order valence-corrected chi connectivity index (χ2v) is 10.9. The largest absolute Gasteiger partial charge is 0.463 e. The van der Waals surface area contributed by atoms with Crippen LogP contribution in [0.5, 0.6) is 0 Å². The molecule has 0 bridgehead atoms. The molecule has 0 aromatic rings. The van der Waals surface area contributed by atoms with E-state index in [0.717, 1.165) is 0 Å². The number of likely N-dealkylation sites (N-methyl/N-ethyl adjacent to an activating group) is 1. The van der Waals surface area contributed by atoms with Crippen LogP contribution in [-0.4, -0.2) is 60.1 Å². The van der Waals surface area contributed by atoms with Crippen LogP contribution in [0.4, 0.5) is 0 Å². The molecule has 0 radical (unpaired) electrons. The average molecular weight is 469 g/mol. The normalized spacial score (nSPS) is 16.2. The van der Waals surface area contributed by atoms with Gasteiger partial charge in [-0.25, -0.2) is 4.79 Å². The molecule has 0 aliphatic rings. The van der Waals surface area contributed by atoms with Gasteiger partial charge in [0.2, 0.25) is 11.8 Å². The van der Waals surface area contributed by atoms with Gasteiger partial charge in [-0.1, -0.05) is 61.5 Å². The van der Waals surface area contributed by atoms with Crippen molar-refractivity contribution in [2.75, 3.05) is 20.3 Å². The standard InChI is InChI=1S/C26H48N2O5/c1-12-26(16-29,15-17(3)4)24(32)27-21(25(8,9)10)22(30)28(11)20(18(5)6)14-19(7)23(31)33-13-2/h14,17-18,20-21,29H,12-13,15-16H2,1-11H3,(H,27,32)/b19-14+/t20-,21-,26?/m1/s1. The molecule has 0 heterocycles.